The van der Waals surface area contributed by atoms with Crippen LogP contribution in [0.3, 0.4) is 0 Å². The van der Waals surface area contributed by atoms with Crippen molar-refractivity contribution in [2.45, 2.75) is 6.54 Å². The molecule has 1 aliphatic rings. The van der Waals surface area contributed by atoms with Gasteiger partial charge >= 0.3 is 0 Å². The Morgan fingerprint density at radius 2 is 2.07 bits per heavy atom. The number of para-hydroxylation sites is 2. The second-order valence-corrected chi connectivity index (χ2v) is 6.31. The Hall–Kier alpha value is -3.68. The lowest BCUT2D eigenvalue weighted by molar-refractivity contribution is -0.121. The number of carbonyl (C=O) groups is 1. The van der Waals surface area contributed by atoms with Gasteiger partial charge in [-0.25, -0.2) is 4.98 Å². The van der Waals surface area contributed by atoms with E-state index in [1.807, 2.05) is 54.1 Å². The van der Waals surface area contributed by atoms with E-state index >= 15 is 0 Å². The molecule has 0 saturated heterocycles. The van der Waals surface area contributed by atoms with E-state index in [1.54, 1.807) is 11.2 Å². The third-order valence-corrected chi connectivity index (χ3v) is 4.55. The first-order valence-electron chi connectivity index (χ1n) is 8.45. The molecule has 1 amide bonds. The molecule has 0 bridgehead atoms. The minimum absolute atomic E-state index is 0.00560. The third-order valence-electron chi connectivity index (χ3n) is 4.55. The van der Waals surface area contributed by atoms with Crippen LogP contribution in [0.5, 0.6) is 5.75 Å². The molecule has 0 saturated carbocycles. The lowest BCUT2D eigenvalue weighted by atomic mass is 10.2. The number of ether oxygens (including phenoxy) is 1. The number of carbonyl (C=O) groups excluding carboxylic acids is 1. The van der Waals surface area contributed by atoms with Gasteiger partial charge in [-0.15, -0.1) is 0 Å². The van der Waals surface area contributed by atoms with Crippen molar-refractivity contribution in [3.8, 4) is 17.1 Å². The highest BCUT2D eigenvalue weighted by atomic mass is 16.5. The lowest BCUT2D eigenvalue weighted by Crippen LogP contribution is -2.38. The van der Waals surface area contributed by atoms with Crippen LogP contribution in [0.25, 0.3) is 22.4 Å². The molecule has 0 atom stereocenters. The van der Waals surface area contributed by atoms with Gasteiger partial charge in [0.1, 0.15) is 12.3 Å². The monoisotopic (exact) mass is 361 g/mol. The van der Waals surface area contributed by atoms with Gasteiger partial charge in [-0.05, 0) is 30.3 Å². The van der Waals surface area contributed by atoms with Gasteiger partial charge in [0.25, 0.3) is 5.91 Å². The summed E-state index contributed by atoms with van der Waals surface area (Å²) in [6, 6.07) is 13.2. The number of hydrogen-bond acceptors (Lipinski definition) is 6. The molecule has 5 rings (SSSR count). The molecule has 0 unspecified atom stereocenters. The van der Waals surface area contributed by atoms with Gasteiger partial charge in [0.05, 0.1) is 23.0 Å². The maximum Gasteiger partial charge on any atom is 0.265 e. The van der Waals surface area contributed by atoms with Crippen molar-refractivity contribution in [1.29, 1.82) is 0 Å². The minimum Gasteiger partial charge on any atom is -0.482 e. The summed E-state index contributed by atoms with van der Waals surface area (Å²) in [5, 5.41) is 4.06. The number of imidazole rings is 1. The fourth-order valence-corrected chi connectivity index (χ4v) is 3.17. The van der Waals surface area contributed by atoms with E-state index in [1.165, 1.54) is 0 Å². The molecule has 0 N–H and O–H groups in total. The van der Waals surface area contributed by atoms with E-state index in [2.05, 4.69) is 15.1 Å². The summed E-state index contributed by atoms with van der Waals surface area (Å²) in [5.74, 6) is 1.34. The van der Waals surface area contributed by atoms with Gasteiger partial charge in [-0.3, -0.25) is 9.69 Å². The lowest BCUT2D eigenvalue weighted by Gasteiger charge is -2.27. The summed E-state index contributed by atoms with van der Waals surface area (Å²) in [6.45, 7) is 0.187. The topological polar surface area (TPSA) is 86.3 Å². The molecule has 3 heterocycles. The van der Waals surface area contributed by atoms with Crippen LogP contribution in [0.2, 0.25) is 0 Å². The molecule has 0 radical (unpaired) electrons. The normalized spacial score (nSPS) is 13.7. The van der Waals surface area contributed by atoms with Crippen LogP contribution in [0.15, 0.2) is 53.3 Å². The maximum absolute atomic E-state index is 12.3. The Morgan fingerprint density at radius 1 is 1.19 bits per heavy atom. The number of benzene rings is 2. The smallest absolute Gasteiger partial charge is 0.265 e. The minimum atomic E-state index is -0.150. The first kappa shape index (κ1) is 15.6. The second-order valence-electron chi connectivity index (χ2n) is 6.31. The molecule has 134 valence electrons. The van der Waals surface area contributed by atoms with Crippen molar-refractivity contribution in [2.24, 2.45) is 7.05 Å². The number of nitrogens with zero attached hydrogens (tertiary/aromatic N) is 5. The highest BCUT2D eigenvalue weighted by Crippen LogP contribution is 2.32. The van der Waals surface area contributed by atoms with E-state index in [9.17, 15) is 4.79 Å². The zero-order valence-electron chi connectivity index (χ0n) is 14.5. The number of aromatic nitrogens is 4. The molecule has 8 nitrogen and oxygen atoms in total. The molecule has 27 heavy (non-hydrogen) atoms. The van der Waals surface area contributed by atoms with Gasteiger partial charge in [-0.1, -0.05) is 17.3 Å². The Kier molecular flexibility index (Phi) is 3.43. The zero-order chi connectivity index (χ0) is 18.4. The van der Waals surface area contributed by atoms with Crippen LogP contribution in [0.1, 0.15) is 5.89 Å². The Morgan fingerprint density at radius 3 is 3.00 bits per heavy atom. The molecular formula is C19H15N5O3. The van der Waals surface area contributed by atoms with Crippen molar-refractivity contribution in [1.82, 2.24) is 19.7 Å². The highest BCUT2D eigenvalue weighted by Gasteiger charge is 2.27. The maximum atomic E-state index is 12.3. The Bertz CT molecular complexity index is 1160. The number of anilines is 1. The average molecular weight is 361 g/mol. The molecule has 2 aromatic carbocycles. The fraction of sp³-hybridized carbons (Fsp3) is 0.158. The predicted octanol–water partition coefficient (Wildman–Crippen LogP) is 2.55. The standard InChI is InChI=1S/C19H15N5O3/c1-23-11-20-13-8-12(6-7-14(13)23)19-21-17(27-22-19)9-24-15-4-2-3-5-16(15)26-10-18(24)25/h2-8,11H,9-10H2,1H3. The molecule has 4 aromatic rings. The van der Waals surface area contributed by atoms with Gasteiger partial charge in [0, 0.05) is 12.6 Å². The molecule has 8 heteroatoms. The van der Waals surface area contributed by atoms with Crippen LogP contribution in [0, 0.1) is 0 Å². The number of rotatable bonds is 3. The summed E-state index contributed by atoms with van der Waals surface area (Å²) in [5.41, 5.74) is 3.39. The largest absolute Gasteiger partial charge is 0.482 e. The second kappa shape index (κ2) is 5.94. The molecular weight excluding hydrogens is 346 g/mol. The van der Waals surface area contributed by atoms with Crippen LogP contribution in [-0.2, 0) is 18.4 Å². The van der Waals surface area contributed by atoms with E-state index < -0.39 is 0 Å². The van der Waals surface area contributed by atoms with Crippen molar-refractivity contribution in [2.75, 3.05) is 11.5 Å². The third kappa shape index (κ3) is 2.62. The van der Waals surface area contributed by atoms with E-state index in [4.69, 9.17) is 9.26 Å². The first-order valence-corrected chi connectivity index (χ1v) is 8.45. The predicted molar refractivity (Wildman–Crippen MR) is 97.1 cm³/mol. The number of aryl methyl sites for hydroxylation is 1. The van der Waals surface area contributed by atoms with E-state index in [0.29, 0.717) is 23.2 Å². The van der Waals surface area contributed by atoms with E-state index in [-0.39, 0.29) is 19.1 Å². The summed E-state index contributed by atoms with van der Waals surface area (Å²) in [6.07, 6.45) is 1.76. The van der Waals surface area contributed by atoms with Crippen molar-refractivity contribution < 1.29 is 14.1 Å². The zero-order valence-corrected chi connectivity index (χ0v) is 14.5. The van der Waals surface area contributed by atoms with Crippen molar-refractivity contribution in [3.63, 3.8) is 0 Å². The van der Waals surface area contributed by atoms with Gasteiger partial charge in [-0.2, -0.15) is 4.98 Å². The van der Waals surface area contributed by atoms with Crippen LogP contribution in [-0.4, -0.2) is 32.2 Å². The van der Waals surface area contributed by atoms with Crippen molar-refractivity contribution >= 4 is 22.6 Å². The SMILES string of the molecule is Cn1cnc2cc(-c3noc(CN4C(=O)COc5ccccc54)n3)ccc21. The number of amides is 1. The summed E-state index contributed by atoms with van der Waals surface area (Å²) in [4.78, 5) is 22.7. The van der Waals surface area contributed by atoms with Crippen LogP contribution < -0.4 is 9.64 Å². The van der Waals surface area contributed by atoms with Crippen LogP contribution in [0.4, 0.5) is 5.69 Å². The van der Waals surface area contributed by atoms with Crippen molar-refractivity contribution in [3.05, 3.63) is 54.7 Å². The molecule has 0 spiro atoms. The molecule has 1 aliphatic heterocycles. The Balaban J connectivity index is 1.44. The van der Waals surface area contributed by atoms with Gasteiger partial charge in [0.15, 0.2) is 6.61 Å². The number of fused-ring (bicyclic) bond motifs is 2. The molecule has 0 fully saturated rings. The molecule has 2 aromatic heterocycles. The summed E-state index contributed by atoms with van der Waals surface area (Å²) >= 11 is 0. The summed E-state index contributed by atoms with van der Waals surface area (Å²) in [7, 11) is 1.94. The Labute approximate surface area is 154 Å². The molecule has 0 aliphatic carbocycles. The number of hydrogen-bond donors (Lipinski definition) is 0. The average Bonchev–Trinajstić information content (AvgIpc) is 3.31. The first-order chi connectivity index (χ1) is 13.2. The highest BCUT2D eigenvalue weighted by molar-refractivity contribution is 5.97. The van der Waals surface area contributed by atoms with Crippen LogP contribution >= 0.6 is 0 Å². The quantitative estimate of drug-likeness (QED) is 0.557. The van der Waals surface area contributed by atoms with Gasteiger partial charge < -0.3 is 13.8 Å². The summed E-state index contributed by atoms with van der Waals surface area (Å²) < 4.78 is 12.8. The van der Waals surface area contributed by atoms with E-state index in [0.717, 1.165) is 16.6 Å². The van der Waals surface area contributed by atoms with Gasteiger partial charge in [0.2, 0.25) is 11.7 Å². The fourth-order valence-electron chi connectivity index (χ4n) is 3.17.